The molecule has 10 heteroatoms. The van der Waals surface area contributed by atoms with Gasteiger partial charge in [0.1, 0.15) is 10.6 Å². The summed E-state index contributed by atoms with van der Waals surface area (Å²) >= 11 is 6.06. The lowest BCUT2D eigenvalue weighted by Gasteiger charge is -2.44. The Kier molecular flexibility index (Phi) is 8.03. The Morgan fingerprint density at radius 1 is 1.13 bits per heavy atom. The molecule has 1 aliphatic carbocycles. The van der Waals surface area contributed by atoms with Crippen molar-refractivity contribution in [2.75, 3.05) is 46.4 Å². The number of β-amino-alcohol motifs (C(OH)–C–C–N with tert-alkyl or cyclic N) is 1. The van der Waals surface area contributed by atoms with Gasteiger partial charge in [0.05, 0.1) is 12.7 Å². The number of fused-ring (bicyclic) bond motifs is 1. The number of aliphatic hydroxyl groups excluding tert-OH is 1. The summed E-state index contributed by atoms with van der Waals surface area (Å²) < 4.78 is 35.4. The molecule has 8 nitrogen and oxygen atoms in total. The van der Waals surface area contributed by atoms with Crippen LogP contribution in [0.25, 0.3) is 11.1 Å². The van der Waals surface area contributed by atoms with Gasteiger partial charge in [-0.2, -0.15) is 0 Å². The predicted octanol–water partition coefficient (Wildman–Crippen LogP) is 3.38. The first kappa shape index (κ1) is 27.4. The number of carbonyl (C=O) groups excluding carboxylic acids is 1. The number of likely N-dealkylation sites (N-methyl/N-ethyl adjacent to an activating group) is 1. The summed E-state index contributed by atoms with van der Waals surface area (Å²) in [6, 6.07) is 12.4. The van der Waals surface area contributed by atoms with E-state index in [0.29, 0.717) is 50.1 Å². The quantitative estimate of drug-likeness (QED) is 0.596. The van der Waals surface area contributed by atoms with Crippen LogP contribution in [0, 0.1) is 11.3 Å². The van der Waals surface area contributed by atoms with E-state index in [-0.39, 0.29) is 28.5 Å². The molecule has 2 aromatic rings. The number of sulfonamides is 1. The molecule has 1 saturated heterocycles. The van der Waals surface area contributed by atoms with Crippen LogP contribution in [0.2, 0.25) is 5.02 Å². The van der Waals surface area contributed by atoms with Crippen LogP contribution in [-0.2, 0) is 14.8 Å². The third-order valence-electron chi connectivity index (χ3n) is 7.92. The van der Waals surface area contributed by atoms with Gasteiger partial charge < -0.3 is 19.6 Å². The summed E-state index contributed by atoms with van der Waals surface area (Å²) in [5, 5.41) is 11.2. The Balaban J connectivity index is 1.43. The van der Waals surface area contributed by atoms with Crippen LogP contribution >= 0.6 is 11.6 Å². The Morgan fingerprint density at radius 3 is 2.50 bits per heavy atom. The molecule has 206 valence electrons. The number of hydrogen-bond acceptors (Lipinski definition) is 6. The highest BCUT2D eigenvalue weighted by atomic mass is 35.5. The van der Waals surface area contributed by atoms with E-state index in [4.69, 9.17) is 16.3 Å². The zero-order valence-corrected chi connectivity index (χ0v) is 23.3. The van der Waals surface area contributed by atoms with Crippen molar-refractivity contribution in [3.63, 3.8) is 0 Å². The van der Waals surface area contributed by atoms with Crippen LogP contribution in [0.15, 0.2) is 47.4 Å². The number of aliphatic hydroxyl groups is 1. The van der Waals surface area contributed by atoms with Crippen LogP contribution in [0.4, 0.5) is 0 Å². The number of amides is 1. The molecule has 1 atom stereocenters. The lowest BCUT2D eigenvalue weighted by Crippen LogP contribution is -2.51. The second kappa shape index (κ2) is 11.1. The molecule has 0 radical (unpaired) electrons. The van der Waals surface area contributed by atoms with Crippen molar-refractivity contribution in [3.8, 4) is 16.9 Å². The van der Waals surface area contributed by atoms with Gasteiger partial charge in [0, 0.05) is 49.6 Å². The first-order chi connectivity index (χ1) is 18.1. The molecule has 2 aliphatic heterocycles. The average molecular weight is 562 g/mol. The van der Waals surface area contributed by atoms with Gasteiger partial charge in [0.25, 0.3) is 0 Å². The number of benzene rings is 2. The van der Waals surface area contributed by atoms with Crippen molar-refractivity contribution in [3.05, 3.63) is 47.5 Å². The van der Waals surface area contributed by atoms with Crippen molar-refractivity contribution >= 4 is 27.5 Å². The second-order valence-corrected chi connectivity index (χ2v) is 13.4. The van der Waals surface area contributed by atoms with Crippen molar-refractivity contribution in [2.45, 2.75) is 43.1 Å². The van der Waals surface area contributed by atoms with E-state index in [9.17, 15) is 18.3 Å². The molecule has 1 saturated carbocycles. The predicted molar refractivity (Wildman–Crippen MR) is 147 cm³/mol. The first-order valence-corrected chi connectivity index (χ1v) is 15.2. The van der Waals surface area contributed by atoms with Gasteiger partial charge in [0.15, 0.2) is 0 Å². The molecular formula is C28H36ClN3O5S. The zero-order chi connectivity index (χ0) is 26.9. The fourth-order valence-corrected chi connectivity index (χ4v) is 6.84. The molecule has 0 bridgehead atoms. The summed E-state index contributed by atoms with van der Waals surface area (Å²) in [6.45, 7) is 2.53. The van der Waals surface area contributed by atoms with Crippen LogP contribution < -0.4 is 9.46 Å². The normalized spacial score (nSPS) is 24.1. The molecule has 2 fully saturated rings. The van der Waals surface area contributed by atoms with Crippen LogP contribution in [0.5, 0.6) is 5.75 Å². The standard InChI is InChI=1S/C28H36ClN3O5S/c1-31-17-24(33)16-30-38(35,36)26-9-6-22(21-4-7-23(29)8-5-21)15-25(26)37-19-28(18-31)10-12-32(13-11-28)27(34)14-20-2-3-20/h4-9,15,20,24,30,33H,2-3,10-14,16-19H2,1H3. The highest BCUT2D eigenvalue weighted by molar-refractivity contribution is 7.89. The van der Waals surface area contributed by atoms with Gasteiger partial charge in [0.2, 0.25) is 15.9 Å². The number of rotatable bonds is 3. The number of carbonyl (C=O) groups is 1. The monoisotopic (exact) mass is 561 g/mol. The van der Waals surface area contributed by atoms with E-state index in [0.717, 1.165) is 36.8 Å². The van der Waals surface area contributed by atoms with Gasteiger partial charge in [-0.25, -0.2) is 13.1 Å². The van der Waals surface area contributed by atoms with E-state index in [1.54, 1.807) is 30.3 Å². The molecule has 0 aromatic heterocycles. The van der Waals surface area contributed by atoms with E-state index in [1.165, 1.54) is 0 Å². The number of ether oxygens (including phenoxy) is 1. The highest BCUT2D eigenvalue weighted by Gasteiger charge is 2.39. The summed E-state index contributed by atoms with van der Waals surface area (Å²) in [5.41, 5.74) is 1.42. The lowest BCUT2D eigenvalue weighted by molar-refractivity contribution is -0.134. The van der Waals surface area contributed by atoms with Crippen molar-refractivity contribution in [1.29, 1.82) is 0 Å². The molecule has 1 amide bonds. The van der Waals surface area contributed by atoms with Gasteiger partial charge in [-0.1, -0.05) is 29.8 Å². The maximum absolute atomic E-state index is 13.2. The van der Waals surface area contributed by atoms with Crippen LogP contribution in [0.3, 0.4) is 0 Å². The Bertz CT molecular complexity index is 1260. The first-order valence-electron chi connectivity index (χ1n) is 13.3. The van der Waals surface area contributed by atoms with Crippen molar-refractivity contribution in [2.24, 2.45) is 11.3 Å². The number of nitrogens with zero attached hydrogens (tertiary/aromatic N) is 2. The van der Waals surface area contributed by atoms with Crippen LogP contribution in [0.1, 0.15) is 32.1 Å². The Hall–Kier alpha value is -2.17. The molecule has 2 N–H and O–H groups in total. The third-order valence-corrected chi connectivity index (χ3v) is 9.63. The molecule has 3 aliphatic rings. The molecule has 1 spiro atoms. The Morgan fingerprint density at radius 2 is 1.82 bits per heavy atom. The fourth-order valence-electron chi connectivity index (χ4n) is 5.52. The SMILES string of the molecule is CN1CC(O)CNS(=O)(=O)c2ccc(-c3ccc(Cl)cc3)cc2OCC2(CCN(C(=O)CC3CC3)CC2)C1. The molecule has 5 rings (SSSR count). The topological polar surface area (TPSA) is 99.2 Å². The zero-order valence-electron chi connectivity index (χ0n) is 21.7. The number of piperidine rings is 1. The van der Waals surface area contributed by atoms with E-state index in [2.05, 4.69) is 4.72 Å². The lowest BCUT2D eigenvalue weighted by atomic mass is 9.78. The maximum Gasteiger partial charge on any atom is 0.244 e. The van der Waals surface area contributed by atoms with E-state index < -0.39 is 16.1 Å². The smallest absolute Gasteiger partial charge is 0.244 e. The number of likely N-dealkylation sites (tertiary alicyclic amines) is 1. The minimum absolute atomic E-state index is 0.0449. The average Bonchev–Trinajstić information content (AvgIpc) is 3.70. The van der Waals surface area contributed by atoms with Gasteiger partial charge in [-0.05, 0) is 74.0 Å². The molecule has 1 unspecified atom stereocenters. The van der Waals surface area contributed by atoms with E-state index in [1.807, 2.05) is 29.0 Å². The maximum atomic E-state index is 13.2. The Labute approximate surface area is 230 Å². The highest BCUT2D eigenvalue weighted by Crippen LogP contribution is 2.38. The number of hydrogen-bond donors (Lipinski definition) is 2. The van der Waals surface area contributed by atoms with Crippen molar-refractivity contribution < 1.29 is 23.1 Å². The van der Waals surface area contributed by atoms with Gasteiger partial charge in [-0.15, -0.1) is 0 Å². The van der Waals surface area contributed by atoms with E-state index >= 15 is 0 Å². The fraction of sp³-hybridized carbons (Fsp3) is 0.536. The minimum atomic E-state index is -3.92. The summed E-state index contributed by atoms with van der Waals surface area (Å²) in [7, 11) is -1.99. The molecule has 2 heterocycles. The number of halogens is 1. The van der Waals surface area contributed by atoms with Crippen molar-refractivity contribution in [1.82, 2.24) is 14.5 Å². The van der Waals surface area contributed by atoms with Crippen LogP contribution in [-0.4, -0.2) is 81.7 Å². The molecule has 2 aromatic carbocycles. The largest absolute Gasteiger partial charge is 0.492 e. The second-order valence-electron chi connectivity index (χ2n) is 11.2. The third kappa shape index (κ3) is 6.51. The van der Waals surface area contributed by atoms with Gasteiger partial charge >= 0.3 is 0 Å². The molecular weight excluding hydrogens is 526 g/mol. The van der Waals surface area contributed by atoms with Gasteiger partial charge in [-0.3, -0.25) is 4.79 Å². The minimum Gasteiger partial charge on any atom is -0.492 e. The number of nitrogens with one attached hydrogen (secondary N) is 1. The summed E-state index contributed by atoms with van der Waals surface area (Å²) in [4.78, 5) is 16.8. The summed E-state index contributed by atoms with van der Waals surface area (Å²) in [5.74, 6) is 1.06. The summed E-state index contributed by atoms with van der Waals surface area (Å²) in [6.07, 6.45) is 3.59. The molecule has 38 heavy (non-hydrogen) atoms.